The number of hydrogen-bond acceptors (Lipinski definition) is 5. The van der Waals surface area contributed by atoms with Gasteiger partial charge in [-0.1, -0.05) is 39.8 Å². The molecule has 0 saturated heterocycles. The zero-order chi connectivity index (χ0) is 21.9. The maximum Gasteiger partial charge on any atom is 0.370 e. The Kier molecular flexibility index (Phi) is 5.37. The number of rotatable bonds is 6. The highest BCUT2D eigenvalue weighted by Crippen LogP contribution is 2.76. The summed E-state index contributed by atoms with van der Waals surface area (Å²) in [6, 6.07) is 6.05. The van der Waals surface area contributed by atoms with Gasteiger partial charge < -0.3 is 24.7 Å². The molecule has 0 spiro atoms. The van der Waals surface area contributed by atoms with Crippen molar-refractivity contribution in [2.24, 2.45) is 10.8 Å². The Morgan fingerprint density at radius 3 is 1.54 bits per heavy atom. The maximum atomic E-state index is 12.6. The van der Waals surface area contributed by atoms with Gasteiger partial charge in [0, 0.05) is 12.0 Å². The molecule has 156 valence electrons. The van der Waals surface area contributed by atoms with Crippen molar-refractivity contribution in [1.29, 1.82) is 0 Å². The number of hydrogen-bond donors (Lipinski definition) is 5. The first-order chi connectivity index (χ1) is 12.4. The summed E-state index contributed by atoms with van der Waals surface area (Å²) in [5.41, 5.74) is -3.34. The summed E-state index contributed by atoms with van der Waals surface area (Å²) in [7, 11) is -11.5. The van der Waals surface area contributed by atoms with Crippen LogP contribution in [-0.4, -0.2) is 53.0 Å². The summed E-state index contributed by atoms with van der Waals surface area (Å²) in [5, 5.41) is 6.89. The van der Waals surface area contributed by atoms with Crippen molar-refractivity contribution in [3.05, 3.63) is 35.4 Å². The zero-order valence-corrected chi connectivity index (χ0v) is 17.5. The van der Waals surface area contributed by atoms with Crippen LogP contribution in [0.25, 0.3) is 0 Å². The number of aliphatic hydroxyl groups is 1. The molecule has 2 rings (SSSR count). The van der Waals surface area contributed by atoms with Crippen molar-refractivity contribution in [1.82, 2.24) is 4.90 Å². The first kappa shape index (κ1) is 22.9. The Bertz CT molecular complexity index is 871. The van der Waals surface area contributed by atoms with Gasteiger partial charge >= 0.3 is 15.2 Å². The molecular formula is C16H23NO9P2. The van der Waals surface area contributed by atoms with Crippen LogP contribution in [0.2, 0.25) is 0 Å². The first-order valence-corrected chi connectivity index (χ1v) is 11.4. The van der Waals surface area contributed by atoms with E-state index in [0.717, 1.165) is 18.7 Å². The molecular weight excluding hydrogens is 412 g/mol. The van der Waals surface area contributed by atoms with Crippen molar-refractivity contribution >= 4 is 27.0 Å². The van der Waals surface area contributed by atoms with E-state index < -0.39 is 49.5 Å². The molecule has 0 unspecified atom stereocenters. The van der Waals surface area contributed by atoms with Crippen molar-refractivity contribution < 1.29 is 43.4 Å². The lowest BCUT2D eigenvalue weighted by Gasteiger charge is -2.51. The molecule has 2 amide bonds. The molecule has 12 heteroatoms. The Morgan fingerprint density at radius 2 is 1.21 bits per heavy atom. The van der Waals surface area contributed by atoms with Crippen LogP contribution >= 0.6 is 15.2 Å². The minimum atomic E-state index is -5.76. The normalized spacial score (nSPS) is 16.5. The topological polar surface area (TPSA) is 173 Å². The van der Waals surface area contributed by atoms with Gasteiger partial charge in [0.1, 0.15) is 0 Å². The van der Waals surface area contributed by atoms with Gasteiger partial charge in [-0.15, -0.1) is 0 Å². The van der Waals surface area contributed by atoms with E-state index in [2.05, 4.69) is 0 Å². The van der Waals surface area contributed by atoms with E-state index in [1.807, 2.05) is 0 Å². The third-order valence-electron chi connectivity index (χ3n) is 5.77. The number of amides is 2. The van der Waals surface area contributed by atoms with Crippen molar-refractivity contribution in [2.45, 2.75) is 32.8 Å². The average molecular weight is 435 g/mol. The molecule has 1 aromatic rings. The summed E-state index contributed by atoms with van der Waals surface area (Å²) >= 11 is 0. The van der Waals surface area contributed by atoms with E-state index >= 15 is 0 Å². The number of imide groups is 1. The van der Waals surface area contributed by atoms with E-state index in [1.54, 1.807) is 12.1 Å². The summed E-state index contributed by atoms with van der Waals surface area (Å²) in [6.07, 6.45) is 0. The van der Waals surface area contributed by atoms with Crippen LogP contribution in [0.15, 0.2) is 24.3 Å². The van der Waals surface area contributed by atoms with Crippen molar-refractivity contribution in [3.63, 3.8) is 0 Å². The fourth-order valence-electron chi connectivity index (χ4n) is 3.33. The lowest BCUT2D eigenvalue weighted by atomic mass is 9.67. The highest BCUT2D eigenvalue weighted by atomic mass is 31.2. The molecule has 0 aliphatic carbocycles. The van der Waals surface area contributed by atoms with Gasteiger partial charge in [-0.25, -0.2) is 0 Å². The van der Waals surface area contributed by atoms with Crippen LogP contribution in [0.1, 0.15) is 48.4 Å². The largest absolute Gasteiger partial charge is 0.370 e. The highest BCUT2D eigenvalue weighted by Gasteiger charge is 2.71. The van der Waals surface area contributed by atoms with Crippen molar-refractivity contribution in [2.75, 3.05) is 6.54 Å². The van der Waals surface area contributed by atoms with Crippen LogP contribution < -0.4 is 0 Å². The lowest BCUT2D eigenvalue weighted by Crippen LogP contribution is -2.56. The van der Waals surface area contributed by atoms with E-state index in [1.165, 1.54) is 26.0 Å². The van der Waals surface area contributed by atoms with Gasteiger partial charge in [-0.05, 0) is 17.5 Å². The second-order valence-electron chi connectivity index (χ2n) is 7.97. The minimum absolute atomic E-state index is 0.154. The van der Waals surface area contributed by atoms with Gasteiger partial charge in [0.25, 0.3) is 16.9 Å². The van der Waals surface area contributed by atoms with E-state index in [-0.39, 0.29) is 11.1 Å². The number of benzene rings is 1. The lowest BCUT2D eigenvalue weighted by molar-refractivity contribution is -0.0520. The quantitative estimate of drug-likeness (QED) is 0.326. The number of nitrogens with zero attached hydrogens (tertiary/aromatic N) is 1. The third-order valence-corrected chi connectivity index (χ3v) is 10.1. The second-order valence-corrected chi connectivity index (χ2v) is 11.8. The van der Waals surface area contributed by atoms with Crippen LogP contribution in [-0.2, 0) is 9.13 Å². The molecule has 1 aliphatic rings. The monoisotopic (exact) mass is 435 g/mol. The Morgan fingerprint density at radius 1 is 0.857 bits per heavy atom. The molecule has 0 atom stereocenters. The number of fused-ring (bicyclic) bond motifs is 1. The van der Waals surface area contributed by atoms with Gasteiger partial charge in [0.2, 0.25) is 0 Å². The van der Waals surface area contributed by atoms with Crippen molar-refractivity contribution in [3.8, 4) is 0 Å². The Labute approximate surface area is 161 Å². The van der Waals surface area contributed by atoms with E-state index in [9.17, 15) is 43.4 Å². The SMILES string of the molecule is CC(C)(CN1C(=O)c2ccccc2C1=O)C(C)(C)C(O)(P(=O)(O)O)P(=O)(O)O. The highest BCUT2D eigenvalue weighted by molar-refractivity contribution is 7.72. The van der Waals surface area contributed by atoms with Gasteiger partial charge in [-0.2, -0.15) is 0 Å². The maximum absolute atomic E-state index is 12.6. The molecule has 1 aliphatic heterocycles. The molecule has 10 nitrogen and oxygen atoms in total. The molecule has 1 aromatic carbocycles. The first-order valence-electron chi connectivity index (χ1n) is 8.19. The summed E-state index contributed by atoms with van der Waals surface area (Å²) in [4.78, 5) is 64.4. The summed E-state index contributed by atoms with van der Waals surface area (Å²) in [6.45, 7) is 4.42. The molecule has 0 saturated carbocycles. The zero-order valence-electron chi connectivity index (χ0n) is 15.7. The standard InChI is InChI=1S/C16H23NO9P2/c1-14(2,15(3,4)16(20,27(21,22)23)28(24,25)26)9-17-12(18)10-7-5-6-8-11(10)13(17)19/h5-8,20H,9H2,1-4H3,(H2,21,22,23)(H2,24,25,26). The molecule has 0 radical (unpaired) electrons. The van der Waals surface area contributed by atoms with E-state index in [0.29, 0.717) is 0 Å². The molecule has 0 fully saturated rings. The van der Waals surface area contributed by atoms with Gasteiger partial charge in [0.05, 0.1) is 11.1 Å². The van der Waals surface area contributed by atoms with Gasteiger partial charge in [-0.3, -0.25) is 23.6 Å². The molecule has 28 heavy (non-hydrogen) atoms. The fraction of sp³-hybridized carbons (Fsp3) is 0.500. The summed E-state index contributed by atoms with van der Waals surface area (Å²) < 4.78 is 23.9. The van der Waals surface area contributed by atoms with Gasteiger partial charge in [0.15, 0.2) is 0 Å². The molecule has 0 bridgehead atoms. The Balaban J connectivity index is 2.52. The van der Waals surface area contributed by atoms with Crippen LogP contribution in [0, 0.1) is 10.8 Å². The van der Waals surface area contributed by atoms with Crippen LogP contribution in [0.5, 0.6) is 0 Å². The second kappa shape index (κ2) is 6.57. The average Bonchev–Trinajstić information content (AvgIpc) is 2.77. The molecule has 0 aromatic heterocycles. The molecule has 1 heterocycles. The summed E-state index contributed by atoms with van der Waals surface area (Å²) in [5.74, 6) is -1.28. The molecule has 5 N–H and O–H groups in total. The Hall–Kier alpha value is -1.38. The van der Waals surface area contributed by atoms with E-state index in [4.69, 9.17) is 0 Å². The predicted molar refractivity (Wildman–Crippen MR) is 98.4 cm³/mol. The van der Waals surface area contributed by atoms with Crippen LogP contribution in [0.3, 0.4) is 0 Å². The third kappa shape index (κ3) is 3.09. The number of carbonyl (C=O) groups excluding carboxylic acids is 2. The smallest absolute Gasteiger partial charge is 0.367 e. The fourth-order valence-corrected chi connectivity index (χ4v) is 6.75. The predicted octanol–water partition coefficient (Wildman–Crippen LogP) is 1.34. The minimum Gasteiger partial charge on any atom is -0.367 e. The van der Waals surface area contributed by atoms with Crippen LogP contribution in [0.4, 0.5) is 0 Å². The number of carbonyl (C=O) groups is 2.